The maximum Gasteiger partial charge on any atom is 0.179 e. The molecule has 0 radical (unpaired) electrons. The largest absolute Gasteiger partial charge is 0.179 e. The molecule has 4 heteroatoms. The smallest absolute Gasteiger partial charge is 0.0654 e. The van der Waals surface area contributed by atoms with Gasteiger partial charge in [-0.15, -0.1) is 0 Å². The molecule has 0 fully saturated rings. The summed E-state index contributed by atoms with van der Waals surface area (Å²) in [5.41, 5.74) is 0. The summed E-state index contributed by atoms with van der Waals surface area (Å²) in [7, 11) is 0. The maximum atomic E-state index is 4.87. The van der Waals surface area contributed by atoms with Gasteiger partial charge in [0.2, 0.25) is 0 Å². The third-order valence-corrected chi connectivity index (χ3v) is 0.707. The van der Waals surface area contributed by atoms with Crippen LogP contribution in [0.3, 0.4) is 0 Å². The van der Waals surface area contributed by atoms with Gasteiger partial charge in [0.1, 0.15) is 0 Å². The van der Waals surface area contributed by atoms with E-state index in [4.69, 9.17) is 33.7 Å². The summed E-state index contributed by atoms with van der Waals surface area (Å²) in [4.78, 5) is 0. The topological polar surface area (TPSA) is 0 Å². The first-order valence-electron chi connectivity index (χ1n) is 2.92. The molecular weight excluding hydrogens is 197 g/mol. The normalized spacial score (nSPS) is 8.67. The Balaban J connectivity index is 0. The summed E-state index contributed by atoms with van der Waals surface area (Å²) in [6.45, 7) is 4.42. The van der Waals surface area contributed by atoms with E-state index in [0.29, 0.717) is 0 Å². The number of hydrogen-bond acceptors (Lipinski definition) is 0. The van der Waals surface area contributed by atoms with Crippen LogP contribution in [0, 0.1) is 0 Å². The molecule has 0 amide bonds. The Kier molecular flexibility index (Phi) is 17.3. The third-order valence-electron chi connectivity index (χ3n) is 0.707. The summed E-state index contributed by atoms with van der Waals surface area (Å²) in [6.07, 6.45) is 4.08. The number of halogens is 3. The van der Waals surface area contributed by atoms with Crippen LogP contribution in [0.2, 0.25) is 0 Å². The molecule has 0 heterocycles. The standard InChI is InChI=1S/C5H12.Cl3P/c1-3-5-4-2;1-4(2)3/h3-5H2,1-2H3;. The average molecular weight is 209 g/mol. The SMILES string of the molecule is CCCCC.ClP(Cl)Cl. The second-order valence-corrected chi connectivity index (χ2v) is 6.53. The van der Waals surface area contributed by atoms with Crippen molar-refractivity contribution in [2.75, 3.05) is 0 Å². The van der Waals surface area contributed by atoms with Gasteiger partial charge in [-0.25, -0.2) is 0 Å². The predicted octanol–water partition coefficient (Wildman–Crippen LogP) is 5.13. The van der Waals surface area contributed by atoms with Crippen LogP contribution in [0.15, 0.2) is 0 Å². The lowest BCUT2D eigenvalue weighted by Crippen LogP contribution is -1.59. The fourth-order valence-electron chi connectivity index (χ4n) is 0.354. The molecule has 0 aliphatic rings. The van der Waals surface area contributed by atoms with E-state index in [0.717, 1.165) is 0 Å². The Morgan fingerprint density at radius 2 is 1.22 bits per heavy atom. The van der Waals surface area contributed by atoms with Crippen molar-refractivity contribution in [2.45, 2.75) is 33.1 Å². The average Bonchev–Trinajstić information content (AvgIpc) is 1.66. The van der Waals surface area contributed by atoms with Gasteiger partial charge in [-0.1, -0.05) is 66.8 Å². The van der Waals surface area contributed by atoms with Crippen LogP contribution in [-0.2, 0) is 0 Å². The van der Waals surface area contributed by atoms with Crippen LogP contribution in [0.4, 0.5) is 0 Å². The van der Waals surface area contributed by atoms with Gasteiger partial charge in [0.15, 0.2) is 5.98 Å². The lowest BCUT2D eigenvalue weighted by molar-refractivity contribution is 0.772. The lowest BCUT2D eigenvalue weighted by atomic mass is 10.3. The molecule has 0 atom stereocenters. The van der Waals surface area contributed by atoms with Crippen LogP contribution >= 0.6 is 39.7 Å². The van der Waals surface area contributed by atoms with Gasteiger partial charge in [0.05, 0.1) is 0 Å². The first-order valence-corrected chi connectivity index (χ1v) is 6.98. The highest BCUT2D eigenvalue weighted by Crippen LogP contribution is 2.51. The molecule has 0 saturated heterocycles. The van der Waals surface area contributed by atoms with E-state index in [2.05, 4.69) is 13.8 Å². The Hall–Kier alpha value is 1.30. The first kappa shape index (κ1) is 12.9. The summed E-state index contributed by atoms with van der Waals surface area (Å²) < 4.78 is 0. The second kappa shape index (κ2) is 12.0. The first-order chi connectivity index (χ1) is 4.15. The molecule has 0 aromatic rings. The maximum absolute atomic E-state index is 4.87. The molecule has 9 heavy (non-hydrogen) atoms. The summed E-state index contributed by atoms with van der Waals surface area (Å²) in [5.74, 6) is -1.20. The lowest BCUT2D eigenvalue weighted by Gasteiger charge is -1.79. The van der Waals surface area contributed by atoms with Crippen molar-refractivity contribution in [3.63, 3.8) is 0 Å². The van der Waals surface area contributed by atoms with E-state index in [1.54, 1.807) is 0 Å². The van der Waals surface area contributed by atoms with Crippen molar-refractivity contribution in [1.82, 2.24) is 0 Å². The van der Waals surface area contributed by atoms with Gasteiger partial charge in [0.25, 0.3) is 0 Å². The van der Waals surface area contributed by atoms with E-state index in [9.17, 15) is 0 Å². The molecule has 0 aromatic carbocycles. The van der Waals surface area contributed by atoms with E-state index in [-0.39, 0.29) is 0 Å². The minimum absolute atomic E-state index is 1.20. The molecule has 0 aliphatic heterocycles. The highest BCUT2D eigenvalue weighted by atomic mass is 36.0. The predicted molar refractivity (Wildman–Crippen MR) is 49.7 cm³/mol. The molecule has 0 unspecified atom stereocenters. The molecule has 0 aromatic heterocycles. The van der Waals surface area contributed by atoms with E-state index >= 15 is 0 Å². The Morgan fingerprint density at radius 1 is 1.00 bits per heavy atom. The molecular formula is C5H12Cl3P. The van der Waals surface area contributed by atoms with Crippen LogP contribution in [0.25, 0.3) is 0 Å². The van der Waals surface area contributed by atoms with Crippen molar-refractivity contribution in [1.29, 1.82) is 0 Å². The Morgan fingerprint density at radius 3 is 1.22 bits per heavy atom. The second-order valence-electron chi connectivity index (χ2n) is 1.55. The summed E-state index contributed by atoms with van der Waals surface area (Å²) in [6, 6.07) is 0. The number of unbranched alkanes of at least 4 members (excludes halogenated alkanes) is 2. The van der Waals surface area contributed by atoms with Crippen LogP contribution in [0.5, 0.6) is 0 Å². The van der Waals surface area contributed by atoms with Gasteiger partial charge in [-0.05, 0) is 0 Å². The quantitative estimate of drug-likeness (QED) is 0.553. The van der Waals surface area contributed by atoms with Crippen LogP contribution in [0.1, 0.15) is 33.1 Å². The monoisotopic (exact) mass is 208 g/mol. The van der Waals surface area contributed by atoms with Crippen molar-refractivity contribution in [3.8, 4) is 0 Å². The fraction of sp³-hybridized carbons (Fsp3) is 1.00. The number of rotatable bonds is 2. The zero-order chi connectivity index (χ0) is 7.70. The van der Waals surface area contributed by atoms with Crippen molar-refractivity contribution in [3.05, 3.63) is 0 Å². The van der Waals surface area contributed by atoms with Gasteiger partial charge >= 0.3 is 0 Å². The molecule has 0 rings (SSSR count). The summed E-state index contributed by atoms with van der Waals surface area (Å²) >= 11 is 14.6. The van der Waals surface area contributed by atoms with E-state index in [1.807, 2.05) is 0 Å². The Bertz CT molecular complexity index is 36.4. The van der Waals surface area contributed by atoms with Gasteiger partial charge in [-0.3, -0.25) is 0 Å². The molecule has 0 saturated carbocycles. The molecule has 0 spiro atoms. The van der Waals surface area contributed by atoms with Crippen LogP contribution in [-0.4, -0.2) is 0 Å². The molecule has 0 nitrogen and oxygen atoms in total. The van der Waals surface area contributed by atoms with Gasteiger partial charge in [0, 0.05) is 0 Å². The minimum atomic E-state index is -1.20. The van der Waals surface area contributed by atoms with Gasteiger partial charge in [-0.2, -0.15) is 0 Å². The van der Waals surface area contributed by atoms with E-state index < -0.39 is 5.98 Å². The minimum Gasteiger partial charge on any atom is -0.0654 e. The molecule has 58 valence electrons. The summed E-state index contributed by atoms with van der Waals surface area (Å²) in [5, 5.41) is 0. The Labute approximate surface area is 73.0 Å². The van der Waals surface area contributed by atoms with E-state index in [1.165, 1.54) is 19.3 Å². The fourth-order valence-corrected chi connectivity index (χ4v) is 0.354. The third kappa shape index (κ3) is 45.5. The van der Waals surface area contributed by atoms with Gasteiger partial charge < -0.3 is 0 Å². The highest BCUT2D eigenvalue weighted by Gasteiger charge is 1.80. The molecule has 0 bridgehead atoms. The highest BCUT2D eigenvalue weighted by molar-refractivity contribution is 8.20. The molecule has 0 N–H and O–H groups in total. The van der Waals surface area contributed by atoms with Crippen molar-refractivity contribution in [2.24, 2.45) is 0 Å². The number of hydrogen-bond donors (Lipinski definition) is 0. The van der Waals surface area contributed by atoms with Crippen molar-refractivity contribution >= 4 is 39.7 Å². The van der Waals surface area contributed by atoms with Crippen LogP contribution < -0.4 is 0 Å². The van der Waals surface area contributed by atoms with Crippen molar-refractivity contribution < 1.29 is 0 Å². The zero-order valence-electron chi connectivity index (χ0n) is 5.70. The molecule has 0 aliphatic carbocycles. The zero-order valence-corrected chi connectivity index (χ0v) is 8.86.